The summed E-state index contributed by atoms with van der Waals surface area (Å²) in [6.07, 6.45) is 0. The molecule has 1 aromatic carbocycles. The molecule has 1 atom stereocenters. The maximum absolute atomic E-state index is 11.5. The second-order valence-corrected chi connectivity index (χ2v) is 4.81. The number of ether oxygens (including phenoxy) is 1. The lowest BCUT2D eigenvalue weighted by Crippen LogP contribution is -2.42. The minimum absolute atomic E-state index is 0.563. The SMILES string of the molecule is Cc1cc(C)cc(C(C(=O)O)N2CCOCC2)c1. The molecule has 1 fully saturated rings. The van der Waals surface area contributed by atoms with Crippen molar-refractivity contribution in [3.8, 4) is 0 Å². The van der Waals surface area contributed by atoms with Crippen molar-refractivity contribution in [3.05, 3.63) is 34.9 Å². The zero-order valence-corrected chi connectivity index (χ0v) is 10.8. The number of aliphatic carboxylic acids is 1. The van der Waals surface area contributed by atoms with Gasteiger partial charge < -0.3 is 9.84 Å². The van der Waals surface area contributed by atoms with E-state index in [0.29, 0.717) is 26.3 Å². The van der Waals surface area contributed by atoms with Crippen LogP contribution in [0.4, 0.5) is 0 Å². The van der Waals surface area contributed by atoms with Crippen LogP contribution in [-0.2, 0) is 9.53 Å². The quantitative estimate of drug-likeness (QED) is 0.887. The van der Waals surface area contributed by atoms with E-state index in [2.05, 4.69) is 6.07 Å². The van der Waals surface area contributed by atoms with Crippen molar-refractivity contribution in [2.24, 2.45) is 0 Å². The average molecular weight is 249 g/mol. The molecule has 0 spiro atoms. The Hall–Kier alpha value is -1.39. The summed E-state index contributed by atoms with van der Waals surface area (Å²) in [5.41, 5.74) is 3.07. The van der Waals surface area contributed by atoms with Gasteiger partial charge in [0.25, 0.3) is 0 Å². The minimum atomic E-state index is -0.790. The number of nitrogens with zero attached hydrogens (tertiary/aromatic N) is 1. The smallest absolute Gasteiger partial charge is 0.325 e. The number of carbonyl (C=O) groups is 1. The number of hydrogen-bond acceptors (Lipinski definition) is 3. The zero-order chi connectivity index (χ0) is 13.1. The summed E-state index contributed by atoms with van der Waals surface area (Å²) in [6.45, 7) is 6.54. The predicted molar refractivity (Wildman–Crippen MR) is 68.7 cm³/mol. The highest BCUT2D eigenvalue weighted by atomic mass is 16.5. The minimum Gasteiger partial charge on any atom is -0.480 e. The third-order valence-corrected chi connectivity index (χ3v) is 3.20. The van der Waals surface area contributed by atoms with Crippen LogP contribution in [0.5, 0.6) is 0 Å². The fraction of sp³-hybridized carbons (Fsp3) is 0.500. The molecule has 1 aliphatic rings. The van der Waals surface area contributed by atoms with Gasteiger partial charge >= 0.3 is 5.97 Å². The van der Waals surface area contributed by atoms with E-state index in [4.69, 9.17) is 4.74 Å². The number of carboxylic acids is 1. The van der Waals surface area contributed by atoms with Crippen LogP contribution in [0.1, 0.15) is 22.7 Å². The van der Waals surface area contributed by atoms with Gasteiger partial charge in [0.15, 0.2) is 0 Å². The Balaban J connectivity index is 2.31. The lowest BCUT2D eigenvalue weighted by atomic mass is 10.00. The highest BCUT2D eigenvalue weighted by Crippen LogP contribution is 2.24. The summed E-state index contributed by atoms with van der Waals surface area (Å²) in [5, 5.41) is 9.48. The molecular formula is C14H19NO3. The van der Waals surface area contributed by atoms with Crippen LogP contribution in [-0.4, -0.2) is 42.3 Å². The van der Waals surface area contributed by atoms with Gasteiger partial charge in [-0.1, -0.05) is 29.3 Å². The maximum atomic E-state index is 11.5. The van der Waals surface area contributed by atoms with E-state index in [-0.39, 0.29) is 0 Å². The number of rotatable bonds is 3. The Morgan fingerprint density at radius 3 is 2.28 bits per heavy atom. The molecule has 1 aromatic rings. The van der Waals surface area contributed by atoms with E-state index in [1.165, 1.54) is 0 Å². The number of morpholine rings is 1. The fourth-order valence-corrected chi connectivity index (χ4v) is 2.51. The standard InChI is InChI=1S/C14H19NO3/c1-10-7-11(2)9-12(8-10)13(14(16)17)15-3-5-18-6-4-15/h7-9,13H,3-6H2,1-2H3,(H,16,17). The zero-order valence-electron chi connectivity index (χ0n) is 10.8. The predicted octanol–water partition coefficient (Wildman–Crippen LogP) is 1.76. The molecule has 0 amide bonds. The van der Waals surface area contributed by atoms with Gasteiger partial charge in [0.1, 0.15) is 6.04 Å². The molecule has 2 rings (SSSR count). The molecule has 1 saturated heterocycles. The van der Waals surface area contributed by atoms with Crippen molar-refractivity contribution in [2.75, 3.05) is 26.3 Å². The first-order chi connectivity index (χ1) is 8.58. The van der Waals surface area contributed by atoms with Gasteiger partial charge in [0.2, 0.25) is 0 Å². The van der Waals surface area contributed by atoms with Crippen molar-refractivity contribution in [1.82, 2.24) is 4.90 Å². The fourth-order valence-electron chi connectivity index (χ4n) is 2.51. The topological polar surface area (TPSA) is 49.8 Å². The molecule has 1 N–H and O–H groups in total. The Kier molecular flexibility index (Phi) is 3.99. The van der Waals surface area contributed by atoms with Crippen LogP contribution in [0.3, 0.4) is 0 Å². The molecule has 0 bridgehead atoms. The Labute approximate surface area is 107 Å². The normalized spacial score (nSPS) is 18.6. The third-order valence-electron chi connectivity index (χ3n) is 3.20. The van der Waals surface area contributed by atoms with E-state index >= 15 is 0 Å². The first kappa shape index (κ1) is 13.1. The average Bonchev–Trinajstić information content (AvgIpc) is 2.28. The summed E-state index contributed by atoms with van der Waals surface area (Å²) in [7, 11) is 0. The van der Waals surface area contributed by atoms with Crippen molar-refractivity contribution < 1.29 is 14.6 Å². The van der Waals surface area contributed by atoms with Crippen molar-refractivity contribution in [2.45, 2.75) is 19.9 Å². The second-order valence-electron chi connectivity index (χ2n) is 4.81. The van der Waals surface area contributed by atoms with Crippen LogP contribution in [0.2, 0.25) is 0 Å². The molecule has 0 aliphatic carbocycles. The number of benzene rings is 1. The van der Waals surface area contributed by atoms with Gasteiger partial charge in [0.05, 0.1) is 13.2 Å². The third kappa shape index (κ3) is 2.89. The summed E-state index contributed by atoms with van der Waals surface area (Å²) in [5.74, 6) is -0.790. The van der Waals surface area contributed by atoms with Crippen LogP contribution in [0.15, 0.2) is 18.2 Å². The number of carboxylic acid groups (broad SMARTS) is 1. The van der Waals surface area contributed by atoms with Gasteiger partial charge in [-0.25, -0.2) is 0 Å². The highest BCUT2D eigenvalue weighted by Gasteiger charge is 2.28. The van der Waals surface area contributed by atoms with Crippen LogP contribution in [0, 0.1) is 13.8 Å². The molecule has 0 radical (unpaired) electrons. The van der Waals surface area contributed by atoms with Crippen LogP contribution < -0.4 is 0 Å². The molecule has 98 valence electrons. The van der Waals surface area contributed by atoms with Gasteiger partial charge in [0, 0.05) is 13.1 Å². The van der Waals surface area contributed by atoms with Gasteiger partial charge in [-0.2, -0.15) is 0 Å². The summed E-state index contributed by atoms with van der Waals surface area (Å²) >= 11 is 0. The van der Waals surface area contributed by atoms with E-state index in [0.717, 1.165) is 16.7 Å². The van der Waals surface area contributed by atoms with E-state index in [9.17, 15) is 9.90 Å². The highest BCUT2D eigenvalue weighted by molar-refractivity contribution is 5.75. The van der Waals surface area contributed by atoms with E-state index in [1.54, 1.807) is 0 Å². The van der Waals surface area contributed by atoms with Crippen LogP contribution >= 0.6 is 0 Å². The molecule has 1 aliphatic heterocycles. The maximum Gasteiger partial charge on any atom is 0.325 e. The van der Waals surface area contributed by atoms with E-state index in [1.807, 2.05) is 30.9 Å². The first-order valence-electron chi connectivity index (χ1n) is 6.21. The number of aryl methyl sites for hydroxylation is 2. The molecule has 4 heteroatoms. The van der Waals surface area contributed by atoms with Gasteiger partial charge in [-0.15, -0.1) is 0 Å². The summed E-state index contributed by atoms with van der Waals surface area (Å²) in [4.78, 5) is 13.5. The lowest BCUT2D eigenvalue weighted by Gasteiger charge is -2.32. The molecule has 18 heavy (non-hydrogen) atoms. The lowest BCUT2D eigenvalue weighted by molar-refractivity contribution is -0.145. The first-order valence-corrected chi connectivity index (χ1v) is 6.21. The molecular weight excluding hydrogens is 230 g/mol. The second kappa shape index (κ2) is 5.50. The molecule has 1 heterocycles. The molecule has 1 unspecified atom stereocenters. The van der Waals surface area contributed by atoms with Crippen molar-refractivity contribution >= 4 is 5.97 Å². The Bertz CT molecular complexity index is 418. The largest absolute Gasteiger partial charge is 0.480 e. The van der Waals surface area contributed by atoms with Gasteiger partial charge in [-0.3, -0.25) is 9.69 Å². The van der Waals surface area contributed by atoms with Crippen molar-refractivity contribution in [3.63, 3.8) is 0 Å². The van der Waals surface area contributed by atoms with E-state index < -0.39 is 12.0 Å². The summed E-state index contributed by atoms with van der Waals surface area (Å²) < 4.78 is 5.28. The monoisotopic (exact) mass is 249 g/mol. The summed E-state index contributed by atoms with van der Waals surface area (Å²) in [6, 6.07) is 5.41. The van der Waals surface area contributed by atoms with Crippen molar-refractivity contribution in [1.29, 1.82) is 0 Å². The molecule has 0 saturated carbocycles. The molecule has 0 aromatic heterocycles. The Morgan fingerprint density at radius 1 is 1.22 bits per heavy atom. The van der Waals surface area contributed by atoms with Crippen LogP contribution in [0.25, 0.3) is 0 Å². The number of hydrogen-bond donors (Lipinski definition) is 1. The molecule has 4 nitrogen and oxygen atoms in total. The Morgan fingerprint density at radius 2 is 1.78 bits per heavy atom. The van der Waals surface area contributed by atoms with Gasteiger partial charge in [-0.05, 0) is 19.4 Å².